The quantitative estimate of drug-likeness (QED) is 0.856. The summed E-state index contributed by atoms with van der Waals surface area (Å²) in [6, 6.07) is 9.42. The van der Waals surface area contributed by atoms with E-state index in [4.69, 9.17) is 0 Å². The molecule has 2 aromatic rings. The van der Waals surface area contributed by atoms with E-state index in [-0.39, 0.29) is 5.69 Å². The Hall–Kier alpha value is -2.43. The van der Waals surface area contributed by atoms with Crippen molar-refractivity contribution in [2.24, 2.45) is 0 Å². The third-order valence-corrected chi connectivity index (χ3v) is 2.52. The van der Waals surface area contributed by atoms with E-state index >= 15 is 0 Å². The first kappa shape index (κ1) is 13.0. The Kier molecular flexibility index (Phi) is 3.75. The number of hydrogen-bond acceptors (Lipinski definition) is 5. The van der Waals surface area contributed by atoms with E-state index in [9.17, 15) is 4.79 Å². The number of ether oxygens (including phenoxy) is 1. The van der Waals surface area contributed by atoms with E-state index < -0.39 is 5.97 Å². The zero-order chi connectivity index (χ0) is 13.8. The number of nitrogens with zero attached hydrogens (tertiary/aromatic N) is 2. The van der Waals surface area contributed by atoms with E-state index in [0.717, 1.165) is 11.3 Å². The summed E-state index contributed by atoms with van der Waals surface area (Å²) in [6.07, 6.45) is 0. The minimum absolute atomic E-state index is 0.241. The highest BCUT2D eigenvalue weighted by Crippen LogP contribution is 2.15. The minimum atomic E-state index is -0.474. The zero-order valence-corrected chi connectivity index (χ0v) is 11.1. The number of methoxy groups -OCH3 is 1. The zero-order valence-electron chi connectivity index (χ0n) is 11.1. The predicted octanol–water partition coefficient (Wildman–Crippen LogP) is 2.62. The van der Waals surface area contributed by atoms with Crippen molar-refractivity contribution >= 4 is 17.6 Å². The molecule has 2 rings (SSSR count). The number of aryl methyl sites for hydroxylation is 2. The van der Waals surface area contributed by atoms with Crippen LogP contribution >= 0.6 is 0 Å². The van der Waals surface area contributed by atoms with Crippen LogP contribution in [0.5, 0.6) is 0 Å². The normalized spacial score (nSPS) is 10.1. The van der Waals surface area contributed by atoms with Crippen LogP contribution in [0.15, 0.2) is 30.3 Å². The maximum atomic E-state index is 11.5. The van der Waals surface area contributed by atoms with Crippen molar-refractivity contribution in [3.05, 3.63) is 47.3 Å². The molecule has 0 spiro atoms. The molecule has 0 aliphatic rings. The molecule has 0 radical (unpaired) electrons. The molecule has 0 amide bonds. The molecule has 0 fully saturated rings. The molecule has 98 valence electrons. The van der Waals surface area contributed by atoms with E-state index in [1.807, 2.05) is 31.2 Å². The first-order valence-electron chi connectivity index (χ1n) is 5.86. The summed E-state index contributed by atoms with van der Waals surface area (Å²) in [6.45, 7) is 3.80. The molecule has 0 aliphatic carbocycles. The van der Waals surface area contributed by atoms with Gasteiger partial charge in [-0.05, 0) is 37.6 Å². The number of carbonyl (C=O) groups is 1. The Labute approximate surface area is 111 Å². The SMILES string of the molecule is COC(=O)c1cc(C)nc(Nc2cccc(C)c2)n1. The highest BCUT2D eigenvalue weighted by atomic mass is 16.5. The molecule has 1 N–H and O–H groups in total. The topological polar surface area (TPSA) is 64.1 Å². The van der Waals surface area contributed by atoms with Crippen LogP contribution in [0.25, 0.3) is 0 Å². The van der Waals surface area contributed by atoms with Crippen LogP contribution in [0.2, 0.25) is 0 Å². The number of anilines is 2. The lowest BCUT2D eigenvalue weighted by Gasteiger charge is -2.07. The third kappa shape index (κ3) is 3.28. The second kappa shape index (κ2) is 5.48. The van der Waals surface area contributed by atoms with Crippen LogP contribution in [0, 0.1) is 13.8 Å². The van der Waals surface area contributed by atoms with Crippen molar-refractivity contribution < 1.29 is 9.53 Å². The average molecular weight is 257 g/mol. The molecule has 0 atom stereocenters. The Morgan fingerprint density at radius 1 is 1.21 bits per heavy atom. The van der Waals surface area contributed by atoms with Gasteiger partial charge in [0.25, 0.3) is 0 Å². The van der Waals surface area contributed by atoms with Gasteiger partial charge in [-0.15, -0.1) is 0 Å². The minimum Gasteiger partial charge on any atom is -0.464 e. The average Bonchev–Trinajstić information content (AvgIpc) is 2.37. The summed E-state index contributed by atoms with van der Waals surface area (Å²) < 4.78 is 4.66. The van der Waals surface area contributed by atoms with Gasteiger partial charge in [0.2, 0.25) is 5.95 Å². The number of benzene rings is 1. The smallest absolute Gasteiger partial charge is 0.356 e. The fourth-order valence-corrected chi connectivity index (χ4v) is 1.69. The van der Waals surface area contributed by atoms with E-state index in [2.05, 4.69) is 20.0 Å². The van der Waals surface area contributed by atoms with Crippen LogP contribution in [0.3, 0.4) is 0 Å². The van der Waals surface area contributed by atoms with Crippen molar-refractivity contribution in [1.29, 1.82) is 0 Å². The van der Waals surface area contributed by atoms with Crippen LogP contribution in [-0.2, 0) is 4.74 Å². The summed E-state index contributed by atoms with van der Waals surface area (Å²) in [5.41, 5.74) is 2.95. The summed E-state index contributed by atoms with van der Waals surface area (Å²) in [5.74, 6) is -0.0937. The van der Waals surface area contributed by atoms with E-state index in [1.165, 1.54) is 7.11 Å². The van der Waals surface area contributed by atoms with E-state index in [0.29, 0.717) is 11.6 Å². The molecule has 0 unspecified atom stereocenters. The van der Waals surface area contributed by atoms with Crippen molar-refractivity contribution in [2.45, 2.75) is 13.8 Å². The van der Waals surface area contributed by atoms with Crippen molar-refractivity contribution in [3.8, 4) is 0 Å². The van der Waals surface area contributed by atoms with Crippen LogP contribution < -0.4 is 5.32 Å². The number of aromatic nitrogens is 2. The standard InChI is InChI=1S/C14H15N3O2/c1-9-5-4-6-11(7-9)16-14-15-10(2)8-12(17-14)13(18)19-3/h4-8H,1-3H3,(H,15,16,17). The molecule has 5 nitrogen and oxygen atoms in total. The molecular weight excluding hydrogens is 242 g/mol. The molecule has 5 heteroatoms. The van der Waals surface area contributed by atoms with Crippen molar-refractivity contribution in [3.63, 3.8) is 0 Å². The lowest BCUT2D eigenvalue weighted by atomic mass is 10.2. The molecule has 0 aliphatic heterocycles. The van der Waals surface area contributed by atoms with Crippen LogP contribution in [0.4, 0.5) is 11.6 Å². The fraction of sp³-hybridized carbons (Fsp3) is 0.214. The molecule has 1 aromatic carbocycles. The first-order chi connectivity index (χ1) is 9.08. The molecule has 1 heterocycles. The lowest BCUT2D eigenvalue weighted by molar-refractivity contribution is 0.0594. The number of carbonyl (C=O) groups excluding carboxylic acids is 1. The second-order valence-corrected chi connectivity index (χ2v) is 4.20. The van der Waals surface area contributed by atoms with Gasteiger partial charge in [-0.2, -0.15) is 0 Å². The second-order valence-electron chi connectivity index (χ2n) is 4.20. The lowest BCUT2D eigenvalue weighted by Crippen LogP contribution is -2.08. The highest BCUT2D eigenvalue weighted by Gasteiger charge is 2.10. The largest absolute Gasteiger partial charge is 0.464 e. The van der Waals surface area contributed by atoms with Gasteiger partial charge in [0, 0.05) is 11.4 Å². The predicted molar refractivity (Wildman–Crippen MR) is 72.6 cm³/mol. The number of nitrogens with one attached hydrogen (secondary N) is 1. The van der Waals surface area contributed by atoms with Gasteiger partial charge in [-0.25, -0.2) is 14.8 Å². The monoisotopic (exact) mass is 257 g/mol. The van der Waals surface area contributed by atoms with Gasteiger partial charge in [0.15, 0.2) is 5.69 Å². The molecule has 0 saturated heterocycles. The van der Waals surface area contributed by atoms with E-state index in [1.54, 1.807) is 13.0 Å². The summed E-state index contributed by atoms with van der Waals surface area (Å²) in [5, 5.41) is 3.07. The fourth-order valence-electron chi connectivity index (χ4n) is 1.69. The van der Waals surface area contributed by atoms with Gasteiger partial charge >= 0.3 is 5.97 Å². The molecular formula is C14H15N3O2. The Morgan fingerprint density at radius 2 is 2.00 bits per heavy atom. The highest BCUT2D eigenvalue weighted by molar-refractivity contribution is 5.87. The van der Waals surface area contributed by atoms with Gasteiger partial charge in [-0.1, -0.05) is 12.1 Å². The summed E-state index contributed by atoms with van der Waals surface area (Å²) in [4.78, 5) is 19.9. The van der Waals surface area contributed by atoms with Gasteiger partial charge in [0.05, 0.1) is 7.11 Å². The Morgan fingerprint density at radius 3 is 2.68 bits per heavy atom. The summed E-state index contributed by atoms with van der Waals surface area (Å²) in [7, 11) is 1.33. The van der Waals surface area contributed by atoms with Crippen LogP contribution in [-0.4, -0.2) is 23.0 Å². The van der Waals surface area contributed by atoms with Crippen molar-refractivity contribution in [2.75, 3.05) is 12.4 Å². The number of esters is 1. The Balaban J connectivity index is 2.30. The number of hydrogen-bond donors (Lipinski definition) is 1. The first-order valence-corrected chi connectivity index (χ1v) is 5.86. The maximum absolute atomic E-state index is 11.5. The van der Waals surface area contributed by atoms with Gasteiger partial charge < -0.3 is 10.1 Å². The maximum Gasteiger partial charge on any atom is 0.356 e. The van der Waals surface area contributed by atoms with Gasteiger partial charge in [0.1, 0.15) is 0 Å². The summed E-state index contributed by atoms with van der Waals surface area (Å²) >= 11 is 0. The molecule has 1 aromatic heterocycles. The molecule has 0 bridgehead atoms. The third-order valence-electron chi connectivity index (χ3n) is 2.52. The molecule has 0 saturated carbocycles. The molecule has 19 heavy (non-hydrogen) atoms. The van der Waals surface area contributed by atoms with Crippen molar-refractivity contribution in [1.82, 2.24) is 9.97 Å². The van der Waals surface area contributed by atoms with Gasteiger partial charge in [-0.3, -0.25) is 0 Å². The Bertz CT molecular complexity index is 611. The van der Waals surface area contributed by atoms with Crippen LogP contribution in [0.1, 0.15) is 21.7 Å². The number of rotatable bonds is 3.